The van der Waals surface area contributed by atoms with Crippen LogP contribution in [0.1, 0.15) is 5.56 Å². The first-order chi connectivity index (χ1) is 13.9. The van der Waals surface area contributed by atoms with Gasteiger partial charge in [0, 0.05) is 18.8 Å². The van der Waals surface area contributed by atoms with Gasteiger partial charge in [0.25, 0.3) is 11.8 Å². The Morgan fingerprint density at radius 3 is 1.86 bits per heavy atom. The summed E-state index contributed by atoms with van der Waals surface area (Å²) in [7, 11) is 7.53. The van der Waals surface area contributed by atoms with Crippen molar-refractivity contribution < 1.29 is 28.5 Å². The quantitative estimate of drug-likeness (QED) is 0.717. The lowest BCUT2D eigenvalue weighted by Crippen LogP contribution is -2.27. The van der Waals surface area contributed by atoms with E-state index < -0.39 is 11.8 Å². The average Bonchev–Trinajstić information content (AvgIpc) is 2.96. The molecular weight excluding hydrogens is 376 g/mol. The van der Waals surface area contributed by atoms with Gasteiger partial charge >= 0.3 is 0 Å². The number of methoxy groups -OCH3 is 4. The van der Waals surface area contributed by atoms with Crippen LogP contribution in [0.4, 0.5) is 5.69 Å². The summed E-state index contributed by atoms with van der Waals surface area (Å²) in [5.74, 6) is 1.18. The van der Waals surface area contributed by atoms with Crippen LogP contribution in [0.2, 0.25) is 0 Å². The monoisotopic (exact) mass is 398 g/mol. The molecule has 0 atom stereocenters. The Bertz CT molecular complexity index is 999. The smallest absolute Gasteiger partial charge is 0.277 e. The summed E-state index contributed by atoms with van der Waals surface area (Å²) < 4.78 is 21.1. The van der Waals surface area contributed by atoms with Gasteiger partial charge in [-0.3, -0.25) is 14.5 Å². The molecule has 2 amide bonds. The van der Waals surface area contributed by atoms with E-state index in [1.165, 1.54) is 35.5 Å². The van der Waals surface area contributed by atoms with E-state index >= 15 is 0 Å². The Morgan fingerprint density at radius 1 is 0.724 bits per heavy atom. The van der Waals surface area contributed by atoms with Gasteiger partial charge in [-0.2, -0.15) is 0 Å². The van der Waals surface area contributed by atoms with Gasteiger partial charge in [0.15, 0.2) is 23.0 Å². The van der Waals surface area contributed by atoms with Crippen LogP contribution in [0.5, 0.6) is 23.0 Å². The number of likely N-dealkylation sites (N-methyl/N-ethyl adjacent to an activating group) is 1. The number of nitrogens with zero attached hydrogens (tertiary/aromatic N) is 1. The second-order valence-electron chi connectivity index (χ2n) is 6.18. The number of anilines is 1. The van der Waals surface area contributed by atoms with E-state index in [0.29, 0.717) is 34.2 Å². The molecule has 0 aliphatic carbocycles. The molecule has 0 bridgehead atoms. The molecule has 2 aromatic rings. The molecule has 152 valence electrons. The second kappa shape index (κ2) is 8.14. The van der Waals surface area contributed by atoms with E-state index in [-0.39, 0.29) is 11.3 Å². The molecule has 1 N–H and O–H groups in total. The molecule has 0 radical (unpaired) electrons. The summed E-state index contributed by atoms with van der Waals surface area (Å²) in [5, 5.41) is 3.05. The van der Waals surface area contributed by atoms with E-state index in [2.05, 4.69) is 5.32 Å². The van der Waals surface area contributed by atoms with Gasteiger partial charge in [-0.15, -0.1) is 0 Å². The number of carbonyl (C=O) groups is 2. The fraction of sp³-hybridized carbons (Fsp3) is 0.238. The first kappa shape index (κ1) is 20.1. The molecule has 0 spiro atoms. The minimum Gasteiger partial charge on any atom is -0.493 e. The Kier molecular flexibility index (Phi) is 5.63. The normalized spacial score (nSPS) is 13.6. The number of hydrogen-bond acceptors (Lipinski definition) is 7. The van der Waals surface area contributed by atoms with Crippen LogP contribution in [-0.2, 0) is 9.59 Å². The molecule has 1 aliphatic rings. The molecular formula is C21H22N2O6. The third-order valence-corrected chi connectivity index (χ3v) is 4.61. The number of nitrogens with one attached hydrogen (secondary N) is 1. The van der Waals surface area contributed by atoms with Gasteiger partial charge in [0.1, 0.15) is 5.70 Å². The minimum absolute atomic E-state index is 0.164. The average molecular weight is 398 g/mol. The Morgan fingerprint density at radius 2 is 1.28 bits per heavy atom. The van der Waals surface area contributed by atoms with E-state index in [1.807, 2.05) is 0 Å². The Balaban J connectivity index is 2.09. The predicted molar refractivity (Wildman–Crippen MR) is 107 cm³/mol. The van der Waals surface area contributed by atoms with Gasteiger partial charge in [0.2, 0.25) is 0 Å². The number of benzene rings is 2. The summed E-state index contributed by atoms with van der Waals surface area (Å²) in [6.45, 7) is 0. The number of imide groups is 1. The number of hydrogen-bond donors (Lipinski definition) is 1. The van der Waals surface area contributed by atoms with Crippen LogP contribution in [0.15, 0.2) is 42.1 Å². The summed E-state index contributed by atoms with van der Waals surface area (Å²) in [6, 6.07) is 10.2. The van der Waals surface area contributed by atoms with E-state index in [9.17, 15) is 9.59 Å². The van der Waals surface area contributed by atoms with Crippen molar-refractivity contribution in [1.82, 2.24) is 4.90 Å². The van der Waals surface area contributed by atoms with Crippen LogP contribution in [-0.4, -0.2) is 52.2 Å². The van der Waals surface area contributed by atoms with Crippen molar-refractivity contribution in [2.24, 2.45) is 0 Å². The van der Waals surface area contributed by atoms with E-state index in [1.54, 1.807) is 36.4 Å². The Labute approximate surface area is 168 Å². The largest absolute Gasteiger partial charge is 0.493 e. The van der Waals surface area contributed by atoms with Gasteiger partial charge in [0.05, 0.1) is 34.0 Å². The van der Waals surface area contributed by atoms with E-state index in [4.69, 9.17) is 18.9 Å². The lowest BCUT2D eigenvalue weighted by atomic mass is 10.0. The van der Waals surface area contributed by atoms with Crippen molar-refractivity contribution in [3.8, 4) is 23.0 Å². The van der Waals surface area contributed by atoms with Crippen molar-refractivity contribution in [3.63, 3.8) is 0 Å². The SMILES string of the molecule is COc1ccc(NC2=C(c3ccc(OC)c(OC)c3)C(=O)N(C)C2=O)cc1OC. The molecule has 29 heavy (non-hydrogen) atoms. The number of amides is 2. The first-order valence-electron chi connectivity index (χ1n) is 8.73. The molecule has 1 aliphatic heterocycles. The summed E-state index contributed by atoms with van der Waals surface area (Å²) in [5.41, 5.74) is 1.52. The zero-order valence-corrected chi connectivity index (χ0v) is 16.9. The van der Waals surface area contributed by atoms with Crippen molar-refractivity contribution in [2.75, 3.05) is 40.8 Å². The molecule has 1 heterocycles. The maximum absolute atomic E-state index is 12.8. The summed E-state index contributed by atoms with van der Waals surface area (Å²) in [6.07, 6.45) is 0. The molecule has 8 nitrogen and oxygen atoms in total. The maximum Gasteiger partial charge on any atom is 0.277 e. The highest BCUT2D eigenvalue weighted by atomic mass is 16.5. The molecule has 0 saturated carbocycles. The maximum atomic E-state index is 12.8. The van der Waals surface area contributed by atoms with Crippen LogP contribution in [0.25, 0.3) is 5.57 Å². The van der Waals surface area contributed by atoms with Crippen LogP contribution >= 0.6 is 0 Å². The molecule has 0 aromatic heterocycles. The molecule has 0 fully saturated rings. The van der Waals surface area contributed by atoms with Gasteiger partial charge in [-0.1, -0.05) is 6.07 Å². The highest BCUT2D eigenvalue weighted by Gasteiger charge is 2.37. The third kappa shape index (κ3) is 3.56. The first-order valence-corrected chi connectivity index (χ1v) is 8.73. The predicted octanol–water partition coefficient (Wildman–Crippen LogP) is 2.54. The van der Waals surface area contributed by atoms with Crippen molar-refractivity contribution in [1.29, 1.82) is 0 Å². The molecule has 0 unspecified atom stereocenters. The van der Waals surface area contributed by atoms with Gasteiger partial charge < -0.3 is 24.3 Å². The topological polar surface area (TPSA) is 86.3 Å². The third-order valence-electron chi connectivity index (χ3n) is 4.61. The van der Waals surface area contributed by atoms with Gasteiger partial charge in [-0.05, 0) is 29.8 Å². The highest BCUT2D eigenvalue weighted by molar-refractivity contribution is 6.36. The number of carbonyl (C=O) groups excluding carboxylic acids is 2. The standard InChI is InChI=1S/C21H22N2O6/c1-23-20(24)18(12-6-8-14(26-2)16(10-12)28-4)19(21(23)25)22-13-7-9-15(27-3)17(11-13)29-5/h6-11,22H,1-5H3. The lowest BCUT2D eigenvalue weighted by Gasteiger charge is -2.13. The van der Waals surface area contributed by atoms with Crippen molar-refractivity contribution in [2.45, 2.75) is 0 Å². The second-order valence-corrected chi connectivity index (χ2v) is 6.18. The molecule has 8 heteroatoms. The number of rotatable bonds is 7. The lowest BCUT2D eigenvalue weighted by molar-refractivity contribution is -0.135. The van der Waals surface area contributed by atoms with Crippen molar-refractivity contribution in [3.05, 3.63) is 47.7 Å². The summed E-state index contributed by atoms with van der Waals surface area (Å²) in [4.78, 5) is 26.6. The Hall–Kier alpha value is -3.68. The zero-order valence-electron chi connectivity index (χ0n) is 16.9. The van der Waals surface area contributed by atoms with Gasteiger partial charge in [-0.25, -0.2) is 0 Å². The van der Waals surface area contributed by atoms with E-state index in [0.717, 1.165) is 4.90 Å². The van der Waals surface area contributed by atoms with Crippen molar-refractivity contribution >= 4 is 23.1 Å². The van der Waals surface area contributed by atoms with Crippen LogP contribution in [0, 0.1) is 0 Å². The molecule has 2 aromatic carbocycles. The summed E-state index contributed by atoms with van der Waals surface area (Å²) >= 11 is 0. The highest BCUT2D eigenvalue weighted by Crippen LogP contribution is 2.36. The zero-order chi connectivity index (χ0) is 21.1. The van der Waals surface area contributed by atoms with Crippen LogP contribution in [0.3, 0.4) is 0 Å². The fourth-order valence-corrected chi connectivity index (χ4v) is 3.08. The number of ether oxygens (including phenoxy) is 4. The molecule has 0 saturated heterocycles. The minimum atomic E-state index is -0.436. The van der Waals surface area contributed by atoms with Crippen LogP contribution < -0.4 is 24.3 Å². The fourth-order valence-electron chi connectivity index (χ4n) is 3.08. The molecule has 3 rings (SSSR count).